The molecule has 0 radical (unpaired) electrons. The van der Waals surface area contributed by atoms with Gasteiger partial charge in [-0.05, 0) is 62.3 Å². The van der Waals surface area contributed by atoms with E-state index in [1.807, 2.05) is 0 Å². The van der Waals surface area contributed by atoms with Gasteiger partial charge in [0.1, 0.15) is 0 Å². The molecule has 0 spiro atoms. The van der Waals surface area contributed by atoms with Crippen LogP contribution in [0, 0.1) is 11.8 Å². The average Bonchev–Trinajstić information content (AvgIpc) is 2.75. The van der Waals surface area contributed by atoms with Crippen molar-refractivity contribution < 1.29 is 32.7 Å². The molecule has 0 unspecified atom stereocenters. The molecule has 1 aromatic carbocycles. The zero-order chi connectivity index (χ0) is 24.6. The van der Waals surface area contributed by atoms with Gasteiger partial charge in [-0.2, -0.15) is 13.2 Å². The Labute approximate surface area is 191 Å². The van der Waals surface area contributed by atoms with Gasteiger partial charge in [-0.1, -0.05) is 19.9 Å². The van der Waals surface area contributed by atoms with E-state index in [-0.39, 0.29) is 36.5 Å². The standard InChI is InChI=1S/C23H32F3N3O4/c1-14(2)12-27-18-7-8-19(15(11-18)6-9-21(31)32)29-20(30)13-28-22(33)16-4-3-5-17(10-16)23(24,25)26/h3-5,10,14-15,18-19,27H,6-9,11-13H2,1-2H3,(H,28,33)(H,29,30)(H,31,32)/t15-,18-,19+/m1/s1. The van der Waals surface area contributed by atoms with Crippen molar-refractivity contribution in [1.29, 1.82) is 0 Å². The summed E-state index contributed by atoms with van der Waals surface area (Å²) in [5.74, 6) is -1.68. The molecule has 7 nitrogen and oxygen atoms in total. The number of carboxylic acids is 1. The van der Waals surface area contributed by atoms with Crippen LogP contribution in [0.4, 0.5) is 13.2 Å². The lowest BCUT2D eigenvalue weighted by Gasteiger charge is -2.37. The molecule has 2 amide bonds. The predicted molar refractivity (Wildman–Crippen MR) is 117 cm³/mol. The molecule has 184 valence electrons. The van der Waals surface area contributed by atoms with Gasteiger partial charge in [-0.25, -0.2) is 0 Å². The fourth-order valence-electron chi connectivity index (χ4n) is 4.03. The van der Waals surface area contributed by atoms with E-state index < -0.39 is 29.5 Å². The number of rotatable bonds is 10. The van der Waals surface area contributed by atoms with Gasteiger partial charge in [0.25, 0.3) is 5.91 Å². The molecule has 3 atom stereocenters. The molecular formula is C23H32F3N3O4. The maximum atomic E-state index is 12.8. The summed E-state index contributed by atoms with van der Waals surface area (Å²) in [6.45, 7) is 4.68. The molecule has 10 heteroatoms. The van der Waals surface area contributed by atoms with Crippen LogP contribution in [0.1, 0.15) is 61.9 Å². The number of carbonyl (C=O) groups excluding carboxylic acids is 2. The van der Waals surface area contributed by atoms with Gasteiger partial charge in [-0.3, -0.25) is 14.4 Å². The van der Waals surface area contributed by atoms with Crippen LogP contribution in [0.2, 0.25) is 0 Å². The van der Waals surface area contributed by atoms with Crippen LogP contribution in [0.15, 0.2) is 24.3 Å². The highest BCUT2D eigenvalue weighted by Crippen LogP contribution is 2.30. The van der Waals surface area contributed by atoms with Gasteiger partial charge >= 0.3 is 12.1 Å². The molecule has 0 bridgehead atoms. The molecule has 1 aliphatic carbocycles. The van der Waals surface area contributed by atoms with Crippen LogP contribution < -0.4 is 16.0 Å². The summed E-state index contributed by atoms with van der Waals surface area (Å²) in [6.07, 6.45) is -1.90. The Hall–Kier alpha value is -2.62. The van der Waals surface area contributed by atoms with E-state index in [0.29, 0.717) is 18.8 Å². The molecule has 4 N–H and O–H groups in total. The van der Waals surface area contributed by atoms with Crippen molar-refractivity contribution in [3.8, 4) is 0 Å². The summed E-state index contributed by atoms with van der Waals surface area (Å²) >= 11 is 0. The van der Waals surface area contributed by atoms with Crippen LogP contribution in [-0.2, 0) is 15.8 Å². The number of halogens is 3. The molecule has 1 aromatic rings. The highest BCUT2D eigenvalue weighted by atomic mass is 19.4. The summed E-state index contributed by atoms with van der Waals surface area (Å²) in [6, 6.07) is 4.01. The van der Waals surface area contributed by atoms with Crippen molar-refractivity contribution in [3.63, 3.8) is 0 Å². The molecule has 2 rings (SSSR count). The second kappa shape index (κ2) is 12.0. The van der Waals surface area contributed by atoms with Gasteiger partial charge in [-0.15, -0.1) is 0 Å². The average molecular weight is 472 g/mol. The zero-order valence-corrected chi connectivity index (χ0v) is 18.9. The van der Waals surface area contributed by atoms with E-state index in [9.17, 15) is 27.6 Å². The SMILES string of the molecule is CC(C)CN[C@@H]1CC[C@H](NC(=O)CNC(=O)c2cccc(C(F)(F)F)c2)[C@H](CCC(=O)O)C1. The Kier molecular flexibility index (Phi) is 9.70. The first kappa shape index (κ1) is 26.6. The van der Waals surface area contributed by atoms with E-state index >= 15 is 0 Å². The molecule has 0 aromatic heterocycles. The van der Waals surface area contributed by atoms with E-state index in [2.05, 4.69) is 29.8 Å². The highest BCUT2D eigenvalue weighted by molar-refractivity contribution is 5.96. The minimum absolute atomic E-state index is 0.000218. The van der Waals surface area contributed by atoms with Crippen LogP contribution in [0.3, 0.4) is 0 Å². The fraction of sp³-hybridized carbons (Fsp3) is 0.609. The van der Waals surface area contributed by atoms with E-state index in [0.717, 1.165) is 37.6 Å². The number of nitrogens with one attached hydrogen (secondary N) is 3. The summed E-state index contributed by atoms with van der Waals surface area (Å²) in [4.78, 5) is 35.7. The topological polar surface area (TPSA) is 108 Å². The van der Waals surface area contributed by atoms with Crippen molar-refractivity contribution in [2.75, 3.05) is 13.1 Å². The Bertz CT molecular complexity index is 829. The lowest BCUT2D eigenvalue weighted by atomic mass is 9.79. The highest BCUT2D eigenvalue weighted by Gasteiger charge is 2.32. The smallest absolute Gasteiger partial charge is 0.416 e. The summed E-state index contributed by atoms with van der Waals surface area (Å²) < 4.78 is 38.5. The van der Waals surface area contributed by atoms with Crippen LogP contribution in [0.25, 0.3) is 0 Å². The van der Waals surface area contributed by atoms with Crippen molar-refractivity contribution in [2.24, 2.45) is 11.8 Å². The second-order valence-corrected chi connectivity index (χ2v) is 8.94. The molecular weight excluding hydrogens is 439 g/mol. The van der Waals surface area contributed by atoms with Crippen molar-refractivity contribution >= 4 is 17.8 Å². The normalized spacial score (nSPS) is 21.0. The first-order chi connectivity index (χ1) is 15.5. The Morgan fingerprint density at radius 1 is 1.18 bits per heavy atom. The Morgan fingerprint density at radius 2 is 1.91 bits per heavy atom. The number of hydrogen-bond donors (Lipinski definition) is 4. The molecule has 1 fully saturated rings. The summed E-state index contributed by atoms with van der Waals surface area (Å²) in [7, 11) is 0. The van der Waals surface area contributed by atoms with E-state index in [1.165, 1.54) is 6.07 Å². The first-order valence-corrected chi connectivity index (χ1v) is 11.2. The summed E-state index contributed by atoms with van der Waals surface area (Å²) in [5.41, 5.74) is -1.13. The third-order valence-corrected chi connectivity index (χ3v) is 5.73. The predicted octanol–water partition coefficient (Wildman–Crippen LogP) is 3.20. The summed E-state index contributed by atoms with van der Waals surface area (Å²) in [5, 5.41) is 17.8. The molecule has 0 aliphatic heterocycles. The Balaban J connectivity index is 1.91. The van der Waals surface area contributed by atoms with E-state index in [1.54, 1.807) is 0 Å². The third-order valence-electron chi connectivity index (χ3n) is 5.73. The van der Waals surface area contributed by atoms with Crippen molar-refractivity contribution in [3.05, 3.63) is 35.4 Å². The zero-order valence-electron chi connectivity index (χ0n) is 18.9. The van der Waals surface area contributed by atoms with Crippen LogP contribution in [0.5, 0.6) is 0 Å². The Morgan fingerprint density at radius 3 is 2.55 bits per heavy atom. The van der Waals surface area contributed by atoms with Crippen molar-refractivity contribution in [1.82, 2.24) is 16.0 Å². The maximum absolute atomic E-state index is 12.8. The van der Waals surface area contributed by atoms with Gasteiger partial charge < -0.3 is 21.1 Å². The number of carbonyl (C=O) groups is 3. The van der Waals surface area contributed by atoms with Gasteiger partial charge in [0.2, 0.25) is 5.91 Å². The minimum atomic E-state index is -4.57. The molecule has 0 heterocycles. The first-order valence-electron chi connectivity index (χ1n) is 11.2. The van der Waals surface area contributed by atoms with Gasteiger partial charge in [0.15, 0.2) is 0 Å². The number of hydrogen-bond acceptors (Lipinski definition) is 4. The number of aliphatic carboxylic acids is 1. The lowest BCUT2D eigenvalue weighted by Crippen LogP contribution is -2.50. The molecule has 1 saturated carbocycles. The second-order valence-electron chi connectivity index (χ2n) is 8.94. The molecule has 33 heavy (non-hydrogen) atoms. The number of amides is 2. The lowest BCUT2D eigenvalue weighted by molar-refractivity contribution is -0.138. The quantitative estimate of drug-likeness (QED) is 0.419. The fourth-order valence-corrected chi connectivity index (χ4v) is 4.03. The largest absolute Gasteiger partial charge is 0.481 e. The van der Waals surface area contributed by atoms with Gasteiger partial charge in [0.05, 0.1) is 12.1 Å². The number of alkyl halides is 3. The van der Waals surface area contributed by atoms with Gasteiger partial charge in [0, 0.05) is 24.1 Å². The monoisotopic (exact) mass is 471 g/mol. The maximum Gasteiger partial charge on any atom is 0.416 e. The number of carboxylic acid groups (broad SMARTS) is 1. The van der Waals surface area contributed by atoms with E-state index in [4.69, 9.17) is 5.11 Å². The van der Waals surface area contributed by atoms with Crippen molar-refractivity contribution in [2.45, 2.75) is 64.2 Å². The third kappa shape index (κ3) is 9.03. The molecule has 0 saturated heterocycles. The number of benzene rings is 1. The van der Waals surface area contributed by atoms with Crippen LogP contribution >= 0.6 is 0 Å². The minimum Gasteiger partial charge on any atom is -0.481 e. The molecule has 1 aliphatic rings. The van der Waals surface area contributed by atoms with Crippen LogP contribution in [-0.4, -0.2) is 48.1 Å².